The summed E-state index contributed by atoms with van der Waals surface area (Å²) in [5, 5.41) is 15.3. The Labute approximate surface area is 124 Å². The molecule has 5 nitrogen and oxygen atoms in total. The number of likely N-dealkylation sites (N-methyl/N-ethyl adjacent to an activating group) is 1. The molecule has 120 valence electrons. The lowest BCUT2D eigenvalue weighted by atomic mass is 9.86. The first kappa shape index (κ1) is 19.2. The van der Waals surface area contributed by atoms with E-state index in [4.69, 9.17) is 10.9 Å². The molecule has 0 aliphatic heterocycles. The Bertz CT molecular complexity index is 279. The molecule has 4 N–H and O–H groups in total. The van der Waals surface area contributed by atoms with Crippen LogP contribution >= 0.6 is 0 Å². The molecule has 0 rings (SSSR count). The van der Waals surface area contributed by atoms with Gasteiger partial charge in [-0.3, -0.25) is 0 Å². The van der Waals surface area contributed by atoms with Gasteiger partial charge in [-0.05, 0) is 39.8 Å². The summed E-state index contributed by atoms with van der Waals surface area (Å²) in [7, 11) is 2.18. The average Bonchev–Trinajstić information content (AvgIpc) is 2.43. The second-order valence-electron chi connectivity index (χ2n) is 6.31. The molecule has 0 spiro atoms. The number of oxime groups is 1. The van der Waals surface area contributed by atoms with Gasteiger partial charge in [-0.2, -0.15) is 0 Å². The Hall–Kier alpha value is -0.810. The minimum absolute atomic E-state index is 0.217. The van der Waals surface area contributed by atoms with Gasteiger partial charge in [-0.1, -0.05) is 32.3 Å². The molecule has 0 amide bonds. The first-order valence-electron chi connectivity index (χ1n) is 7.74. The first-order valence-corrected chi connectivity index (χ1v) is 7.74. The van der Waals surface area contributed by atoms with Gasteiger partial charge in [0, 0.05) is 24.5 Å². The lowest BCUT2D eigenvalue weighted by Gasteiger charge is -2.24. The van der Waals surface area contributed by atoms with Crippen LogP contribution in [0.25, 0.3) is 0 Å². The van der Waals surface area contributed by atoms with Crippen LogP contribution in [-0.4, -0.2) is 48.7 Å². The van der Waals surface area contributed by atoms with Crippen LogP contribution in [0.2, 0.25) is 0 Å². The summed E-state index contributed by atoms with van der Waals surface area (Å²) in [6.07, 6.45) is 4.34. The third-order valence-electron chi connectivity index (χ3n) is 4.19. The molecule has 20 heavy (non-hydrogen) atoms. The molecule has 0 fully saturated rings. The topological polar surface area (TPSA) is 73.9 Å². The second kappa shape index (κ2) is 10.00. The number of nitrogens with one attached hydrogen (secondary N) is 1. The highest BCUT2D eigenvalue weighted by atomic mass is 16.4. The van der Waals surface area contributed by atoms with Crippen molar-refractivity contribution in [3.8, 4) is 0 Å². The van der Waals surface area contributed by atoms with E-state index >= 15 is 0 Å². The van der Waals surface area contributed by atoms with Crippen LogP contribution in [0, 0.1) is 5.41 Å². The summed E-state index contributed by atoms with van der Waals surface area (Å²) in [6.45, 7) is 11.6. The van der Waals surface area contributed by atoms with Crippen LogP contribution in [0.3, 0.4) is 0 Å². The maximum Gasteiger partial charge on any atom is 0.144 e. The fourth-order valence-electron chi connectivity index (χ4n) is 1.99. The number of rotatable bonds is 11. The molecule has 0 aromatic rings. The summed E-state index contributed by atoms with van der Waals surface area (Å²) >= 11 is 0. The van der Waals surface area contributed by atoms with E-state index in [1.807, 2.05) is 13.8 Å². The Morgan fingerprint density at radius 1 is 1.35 bits per heavy atom. The highest BCUT2D eigenvalue weighted by molar-refractivity contribution is 5.85. The summed E-state index contributed by atoms with van der Waals surface area (Å²) in [5.74, 6) is 0.320. The van der Waals surface area contributed by atoms with E-state index in [2.05, 4.69) is 36.3 Å². The molecule has 0 aliphatic rings. The Morgan fingerprint density at radius 3 is 2.55 bits per heavy atom. The van der Waals surface area contributed by atoms with Gasteiger partial charge in [0.25, 0.3) is 0 Å². The molecule has 0 radical (unpaired) electrons. The molecule has 0 aromatic carbocycles. The Kier molecular flexibility index (Phi) is 9.59. The van der Waals surface area contributed by atoms with Gasteiger partial charge in [0.1, 0.15) is 5.84 Å². The van der Waals surface area contributed by atoms with Crippen molar-refractivity contribution in [1.82, 2.24) is 10.2 Å². The zero-order valence-corrected chi connectivity index (χ0v) is 13.9. The quantitative estimate of drug-likeness (QED) is 0.179. The van der Waals surface area contributed by atoms with E-state index < -0.39 is 0 Å². The highest BCUT2D eigenvalue weighted by Crippen LogP contribution is 2.22. The van der Waals surface area contributed by atoms with Crippen molar-refractivity contribution >= 4 is 5.84 Å². The van der Waals surface area contributed by atoms with E-state index in [-0.39, 0.29) is 5.41 Å². The molecular weight excluding hydrogens is 252 g/mol. The second-order valence-corrected chi connectivity index (χ2v) is 6.31. The van der Waals surface area contributed by atoms with Crippen LogP contribution in [0.1, 0.15) is 53.4 Å². The number of unbranched alkanes of at least 4 members (excludes halogenated alkanes) is 1. The predicted octanol–water partition coefficient (Wildman–Crippen LogP) is 2.25. The van der Waals surface area contributed by atoms with E-state index in [0.717, 1.165) is 38.9 Å². The largest absolute Gasteiger partial charge is 0.409 e. The number of hydrogen-bond acceptors (Lipinski definition) is 4. The van der Waals surface area contributed by atoms with Gasteiger partial charge in [-0.25, -0.2) is 0 Å². The van der Waals surface area contributed by atoms with Crippen molar-refractivity contribution in [1.29, 1.82) is 0 Å². The molecule has 5 heteroatoms. The van der Waals surface area contributed by atoms with Gasteiger partial charge in [0.15, 0.2) is 0 Å². The summed E-state index contributed by atoms with van der Waals surface area (Å²) < 4.78 is 0. The SMILES string of the molecule is CCC(C)N(C)CCNCCCCC(C)(C)C(N)=NO. The lowest BCUT2D eigenvalue weighted by Crippen LogP contribution is -2.35. The molecule has 0 bridgehead atoms. The number of nitrogens with two attached hydrogens (primary N) is 1. The Balaban J connectivity index is 3.59. The molecule has 1 atom stereocenters. The minimum atomic E-state index is -0.217. The zero-order valence-electron chi connectivity index (χ0n) is 13.9. The Morgan fingerprint density at radius 2 is 2.00 bits per heavy atom. The van der Waals surface area contributed by atoms with E-state index in [1.165, 1.54) is 6.42 Å². The monoisotopic (exact) mass is 286 g/mol. The van der Waals surface area contributed by atoms with Gasteiger partial charge >= 0.3 is 0 Å². The van der Waals surface area contributed by atoms with Crippen molar-refractivity contribution in [2.24, 2.45) is 16.3 Å². The maximum absolute atomic E-state index is 8.71. The third-order valence-corrected chi connectivity index (χ3v) is 4.19. The van der Waals surface area contributed by atoms with Crippen LogP contribution in [0.5, 0.6) is 0 Å². The van der Waals surface area contributed by atoms with Gasteiger partial charge < -0.3 is 21.2 Å². The molecular formula is C15H34N4O. The first-order chi connectivity index (χ1) is 9.35. The highest BCUT2D eigenvalue weighted by Gasteiger charge is 2.22. The summed E-state index contributed by atoms with van der Waals surface area (Å²) in [6, 6.07) is 0.651. The summed E-state index contributed by atoms with van der Waals surface area (Å²) in [4.78, 5) is 2.38. The molecule has 1 unspecified atom stereocenters. The third kappa shape index (κ3) is 7.70. The zero-order chi connectivity index (χ0) is 15.6. The number of nitrogens with zero attached hydrogens (tertiary/aromatic N) is 2. The standard InChI is InChI=1S/C15H34N4O/c1-6-13(2)19(5)12-11-17-10-8-7-9-15(3,4)14(16)18-20/h13,17,20H,6-12H2,1-5H3,(H2,16,18). The van der Waals surface area contributed by atoms with E-state index in [0.29, 0.717) is 11.9 Å². The van der Waals surface area contributed by atoms with Crippen molar-refractivity contribution in [2.75, 3.05) is 26.7 Å². The van der Waals surface area contributed by atoms with Crippen LogP contribution in [0.4, 0.5) is 0 Å². The molecule has 0 aromatic heterocycles. The average molecular weight is 286 g/mol. The number of hydrogen-bond donors (Lipinski definition) is 3. The van der Waals surface area contributed by atoms with Gasteiger partial charge in [-0.15, -0.1) is 0 Å². The minimum Gasteiger partial charge on any atom is -0.409 e. The van der Waals surface area contributed by atoms with Crippen molar-refractivity contribution in [2.45, 2.75) is 59.4 Å². The maximum atomic E-state index is 8.71. The fraction of sp³-hybridized carbons (Fsp3) is 0.933. The number of amidine groups is 1. The van der Waals surface area contributed by atoms with Crippen LogP contribution < -0.4 is 11.1 Å². The van der Waals surface area contributed by atoms with Crippen molar-refractivity contribution < 1.29 is 5.21 Å². The van der Waals surface area contributed by atoms with Crippen LogP contribution in [0.15, 0.2) is 5.16 Å². The summed E-state index contributed by atoms with van der Waals surface area (Å²) in [5.41, 5.74) is 5.45. The molecule has 0 saturated heterocycles. The van der Waals surface area contributed by atoms with E-state index in [1.54, 1.807) is 0 Å². The van der Waals surface area contributed by atoms with Crippen molar-refractivity contribution in [3.05, 3.63) is 0 Å². The predicted molar refractivity (Wildman–Crippen MR) is 86.3 cm³/mol. The molecule has 0 heterocycles. The van der Waals surface area contributed by atoms with E-state index in [9.17, 15) is 0 Å². The smallest absolute Gasteiger partial charge is 0.144 e. The van der Waals surface area contributed by atoms with Gasteiger partial charge in [0.05, 0.1) is 0 Å². The lowest BCUT2D eigenvalue weighted by molar-refractivity contribution is 0.251. The van der Waals surface area contributed by atoms with Crippen LogP contribution in [-0.2, 0) is 0 Å². The fourth-order valence-corrected chi connectivity index (χ4v) is 1.99. The molecule has 0 aliphatic carbocycles. The normalized spacial score (nSPS) is 14.8. The molecule has 0 saturated carbocycles. The van der Waals surface area contributed by atoms with Gasteiger partial charge in [0.2, 0.25) is 0 Å². The van der Waals surface area contributed by atoms with Crippen molar-refractivity contribution in [3.63, 3.8) is 0 Å².